The highest BCUT2D eigenvalue weighted by Gasteiger charge is 2.16. The smallest absolute Gasteiger partial charge is 0.131 e. The molecule has 1 heterocycles. The highest BCUT2D eigenvalue weighted by Crippen LogP contribution is 2.22. The van der Waals surface area contributed by atoms with E-state index in [2.05, 4.69) is 9.97 Å². The maximum absolute atomic E-state index is 13.7. The molecule has 0 radical (unpaired) electrons. The molecule has 1 unspecified atom stereocenters. The van der Waals surface area contributed by atoms with Crippen LogP contribution in [0.25, 0.3) is 11.0 Å². The lowest BCUT2D eigenvalue weighted by atomic mass is 10.0. The van der Waals surface area contributed by atoms with E-state index in [1.165, 1.54) is 18.3 Å². The second-order valence-corrected chi connectivity index (χ2v) is 4.43. The molecular formula is C15H11F2N3. The molecule has 0 amide bonds. The van der Waals surface area contributed by atoms with Crippen molar-refractivity contribution in [2.24, 2.45) is 5.73 Å². The number of fused-ring (bicyclic) bond motifs is 1. The van der Waals surface area contributed by atoms with E-state index in [1.54, 1.807) is 6.07 Å². The Hall–Kier alpha value is -2.40. The summed E-state index contributed by atoms with van der Waals surface area (Å²) in [6.07, 6.45) is 1.51. The molecule has 0 saturated heterocycles. The van der Waals surface area contributed by atoms with Crippen molar-refractivity contribution in [2.45, 2.75) is 6.04 Å². The minimum Gasteiger partial charge on any atom is -0.319 e. The van der Waals surface area contributed by atoms with Crippen LogP contribution in [-0.4, -0.2) is 9.97 Å². The summed E-state index contributed by atoms with van der Waals surface area (Å²) >= 11 is 0. The average Bonchev–Trinajstić information content (AvgIpc) is 2.46. The predicted octanol–water partition coefficient (Wildman–Crippen LogP) is 2.96. The van der Waals surface area contributed by atoms with E-state index in [9.17, 15) is 8.78 Å². The largest absolute Gasteiger partial charge is 0.319 e. The summed E-state index contributed by atoms with van der Waals surface area (Å²) in [5.74, 6) is -1.32. The summed E-state index contributed by atoms with van der Waals surface area (Å²) in [6, 6.07) is 9.85. The molecule has 0 aliphatic carbocycles. The van der Waals surface area contributed by atoms with Gasteiger partial charge in [0, 0.05) is 11.6 Å². The van der Waals surface area contributed by atoms with Crippen molar-refractivity contribution in [3.05, 3.63) is 71.6 Å². The van der Waals surface area contributed by atoms with Gasteiger partial charge < -0.3 is 5.73 Å². The Bertz CT molecular complexity index is 774. The standard InChI is InChI=1S/C15H11F2N3/c16-9-5-6-10(11(17)7-9)15(18)14-8-19-12-3-1-2-4-13(12)20-14/h1-8,15H,18H2. The van der Waals surface area contributed by atoms with Gasteiger partial charge in [0.2, 0.25) is 0 Å². The third-order valence-corrected chi connectivity index (χ3v) is 3.08. The van der Waals surface area contributed by atoms with Gasteiger partial charge in [-0.1, -0.05) is 18.2 Å². The van der Waals surface area contributed by atoms with Crippen LogP contribution in [0.4, 0.5) is 8.78 Å². The Balaban J connectivity index is 2.05. The first-order valence-electron chi connectivity index (χ1n) is 6.07. The second kappa shape index (κ2) is 4.94. The minimum absolute atomic E-state index is 0.191. The molecule has 0 aliphatic heterocycles. The van der Waals surface area contributed by atoms with Gasteiger partial charge in [-0.2, -0.15) is 0 Å². The SMILES string of the molecule is NC(c1cnc2ccccc2n1)c1ccc(F)cc1F. The van der Waals surface area contributed by atoms with Crippen LogP contribution in [-0.2, 0) is 0 Å². The lowest BCUT2D eigenvalue weighted by molar-refractivity contribution is 0.564. The summed E-state index contributed by atoms with van der Waals surface area (Å²) < 4.78 is 26.6. The number of hydrogen-bond acceptors (Lipinski definition) is 3. The molecule has 20 heavy (non-hydrogen) atoms. The summed E-state index contributed by atoms with van der Waals surface area (Å²) in [4.78, 5) is 8.60. The highest BCUT2D eigenvalue weighted by atomic mass is 19.1. The lowest BCUT2D eigenvalue weighted by Crippen LogP contribution is -2.15. The Kier molecular flexibility index (Phi) is 3.12. The van der Waals surface area contributed by atoms with Crippen molar-refractivity contribution in [1.29, 1.82) is 0 Å². The molecule has 1 aromatic heterocycles. The fourth-order valence-electron chi connectivity index (χ4n) is 2.03. The first-order chi connectivity index (χ1) is 9.65. The maximum Gasteiger partial charge on any atom is 0.131 e. The van der Waals surface area contributed by atoms with Crippen molar-refractivity contribution in [2.75, 3.05) is 0 Å². The molecule has 0 fully saturated rings. The van der Waals surface area contributed by atoms with E-state index in [4.69, 9.17) is 5.73 Å². The number of para-hydroxylation sites is 2. The topological polar surface area (TPSA) is 51.8 Å². The van der Waals surface area contributed by atoms with E-state index in [1.807, 2.05) is 18.2 Å². The van der Waals surface area contributed by atoms with Gasteiger partial charge >= 0.3 is 0 Å². The van der Waals surface area contributed by atoms with E-state index in [-0.39, 0.29) is 5.56 Å². The number of nitrogens with zero attached hydrogens (tertiary/aromatic N) is 2. The lowest BCUT2D eigenvalue weighted by Gasteiger charge is -2.12. The number of benzene rings is 2. The van der Waals surface area contributed by atoms with E-state index < -0.39 is 17.7 Å². The first-order valence-corrected chi connectivity index (χ1v) is 6.07. The van der Waals surface area contributed by atoms with Crippen LogP contribution in [0.3, 0.4) is 0 Å². The van der Waals surface area contributed by atoms with Crippen LogP contribution < -0.4 is 5.73 Å². The third-order valence-electron chi connectivity index (χ3n) is 3.08. The number of nitrogens with two attached hydrogens (primary N) is 1. The molecular weight excluding hydrogens is 260 g/mol. The van der Waals surface area contributed by atoms with Gasteiger partial charge in [-0.25, -0.2) is 13.8 Å². The second-order valence-electron chi connectivity index (χ2n) is 4.43. The summed E-state index contributed by atoms with van der Waals surface area (Å²) in [5.41, 5.74) is 8.05. The normalized spacial score (nSPS) is 12.6. The van der Waals surface area contributed by atoms with Crippen LogP contribution in [0, 0.1) is 11.6 Å². The molecule has 2 aromatic carbocycles. The van der Waals surface area contributed by atoms with Crippen LogP contribution in [0.5, 0.6) is 0 Å². The monoisotopic (exact) mass is 271 g/mol. The summed E-state index contributed by atoms with van der Waals surface area (Å²) in [6.45, 7) is 0. The number of rotatable bonds is 2. The molecule has 3 aromatic rings. The van der Waals surface area contributed by atoms with E-state index in [0.29, 0.717) is 11.2 Å². The van der Waals surface area contributed by atoms with Crippen molar-refractivity contribution in [3.63, 3.8) is 0 Å². The molecule has 1 atom stereocenters. The van der Waals surface area contributed by atoms with Gasteiger partial charge in [-0.15, -0.1) is 0 Å². The molecule has 0 spiro atoms. The predicted molar refractivity (Wildman–Crippen MR) is 71.9 cm³/mol. The van der Waals surface area contributed by atoms with Crippen LogP contribution in [0.1, 0.15) is 17.3 Å². The Morgan fingerprint density at radius 3 is 2.50 bits per heavy atom. The summed E-state index contributed by atoms with van der Waals surface area (Å²) in [7, 11) is 0. The Morgan fingerprint density at radius 1 is 1.00 bits per heavy atom. The molecule has 2 N–H and O–H groups in total. The Morgan fingerprint density at radius 2 is 1.75 bits per heavy atom. The zero-order valence-corrected chi connectivity index (χ0v) is 10.4. The van der Waals surface area contributed by atoms with Gasteiger partial charge in [0.05, 0.1) is 29.0 Å². The van der Waals surface area contributed by atoms with E-state index in [0.717, 1.165) is 11.6 Å². The van der Waals surface area contributed by atoms with Crippen LogP contribution in [0.15, 0.2) is 48.7 Å². The minimum atomic E-state index is -0.785. The average molecular weight is 271 g/mol. The molecule has 100 valence electrons. The van der Waals surface area contributed by atoms with Crippen LogP contribution >= 0.6 is 0 Å². The fraction of sp³-hybridized carbons (Fsp3) is 0.0667. The molecule has 0 saturated carbocycles. The number of hydrogen-bond donors (Lipinski definition) is 1. The van der Waals surface area contributed by atoms with E-state index >= 15 is 0 Å². The zero-order valence-electron chi connectivity index (χ0n) is 10.4. The molecule has 0 aliphatic rings. The number of halogens is 2. The number of aromatic nitrogens is 2. The first kappa shape index (κ1) is 12.6. The molecule has 3 nitrogen and oxygen atoms in total. The van der Waals surface area contributed by atoms with Crippen molar-refractivity contribution in [1.82, 2.24) is 9.97 Å². The van der Waals surface area contributed by atoms with Gasteiger partial charge in [-0.3, -0.25) is 4.98 Å². The van der Waals surface area contributed by atoms with Crippen molar-refractivity contribution in [3.8, 4) is 0 Å². The quantitative estimate of drug-likeness (QED) is 0.779. The molecule has 0 bridgehead atoms. The van der Waals surface area contributed by atoms with Crippen molar-refractivity contribution >= 4 is 11.0 Å². The van der Waals surface area contributed by atoms with Gasteiger partial charge in [-0.05, 0) is 18.2 Å². The maximum atomic E-state index is 13.7. The molecule has 5 heteroatoms. The van der Waals surface area contributed by atoms with Crippen LogP contribution in [0.2, 0.25) is 0 Å². The fourth-order valence-corrected chi connectivity index (χ4v) is 2.03. The summed E-state index contributed by atoms with van der Waals surface area (Å²) in [5, 5.41) is 0. The third kappa shape index (κ3) is 2.23. The van der Waals surface area contributed by atoms with Gasteiger partial charge in [0.15, 0.2) is 0 Å². The highest BCUT2D eigenvalue weighted by molar-refractivity contribution is 5.73. The Labute approximate surface area is 114 Å². The van der Waals surface area contributed by atoms with Gasteiger partial charge in [0.1, 0.15) is 11.6 Å². The van der Waals surface area contributed by atoms with Gasteiger partial charge in [0.25, 0.3) is 0 Å². The zero-order chi connectivity index (χ0) is 14.1. The van der Waals surface area contributed by atoms with Crippen molar-refractivity contribution < 1.29 is 8.78 Å². The molecule has 3 rings (SSSR count).